The van der Waals surface area contributed by atoms with E-state index in [4.69, 9.17) is 17.3 Å². The molecule has 0 saturated heterocycles. The molecule has 0 atom stereocenters. The fourth-order valence-corrected chi connectivity index (χ4v) is 1.09. The highest BCUT2D eigenvalue weighted by Gasteiger charge is 2.04. The lowest BCUT2D eigenvalue weighted by molar-refractivity contribution is 0.463. The highest BCUT2D eigenvalue weighted by molar-refractivity contribution is 6.32. The van der Waals surface area contributed by atoms with Gasteiger partial charge in [0.2, 0.25) is 0 Å². The maximum Gasteiger partial charge on any atom is 0.155 e. The fraction of sp³-hybridized carbons (Fsp3) is 0.375. The Bertz CT molecular complexity index is 265. The van der Waals surface area contributed by atoms with Crippen LogP contribution in [-0.2, 0) is 6.42 Å². The van der Waals surface area contributed by atoms with Crippen LogP contribution in [0.25, 0.3) is 0 Å². The number of halogens is 1. The molecule has 0 amide bonds. The molecular weight excluding hydrogens is 176 g/mol. The average molecular weight is 187 g/mol. The molecule has 0 fully saturated rings. The molecule has 0 bridgehead atoms. The van der Waals surface area contributed by atoms with E-state index < -0.39 is 0 Å². The van der Waals surface area contributed by atoms with Crippen LogP contribution in [0.1, 0.15) is 12.1 Å². The van der Waals surface area contributed by atoms with E-state index in [1.165, 1.54) is 0 Å². The highest BCUT2D eigenvalue weighted by Crippen LogP contribution is 2.25. The fourth-order valence-electron chi connectivity index (χ4n) is 0.923. The van der Waals surface area contributed by atoms with Crippen LogP contribution < -0.4 is 5.73 Å². The first kappa shape index (κ1) is 9.29. The molecule has 66 valence electrons. The number of nitrogens with zero attached hydrogens (tertiary/aromatic N) is 1. The third kappa shape index (κ3) is 2.09. The quantitative estimate of drug-likeness (QED) is 0.749. The number of aromatic hydroxyl groups is 1. The predicted molar refractivity (Wildman–Crippen MR) is 48.3 cm³/mol. The molecule has 0 aromatic carbocycles. The second-order valence-electron chi connectivity index (χ2n) is 2.48. The molecule has 1 heterocycles. The normalized spacial score (nSPS) is 10.2. The summed E-state index contributed by atoms with van der Waals surface area (Å²) in [6.07, 6.45) is 3.05. The second-order valence-corrected chi connectivity index (χ2v) is 2.89. The summed E-state index contributed by atoms with van der Waals surface area (Å²) in [5, 5.41) is 9.73. The van der Waals surface area contributed by atoms with Gasteiger partial charge in [0.15, 0.2) is 5.75 Å². The monoisotopic (exact) mass is 186 g/mol. The van der Waals surface area contributed by atoms with Crippen LogP contribution in [0, 0.1) is 0 Å². The van der Waals surface area contributed by atoms with Gasteiger partial charge in [0, 0.05) is 6.20 Å². The van der Waals surface area contributed by atoms with Crippen molar-refractivity contribution in [3.63, 3.8) is 0 Å². The molecule has 0 radical (unpaired) electrons. The van der Waals surface area contributed by atoms with Crippen LogP contribution in [0.3, 0.4) is 0 Å². The Hall–Kier alpha value is -0.800. The summed E-state index contributed by atoms with van der Waals surface area (Å²) < 4.78 is 0. The van der Waals surface area contributed by atoms with Crippen molar-refractivity contribution < 1.29 is 5.11 Å². The van der Waals surface area contributed by atoms with Gasteiger partial charge in [0.05, 0.1) is 10.7 Å². The number of hydrogen-bond acceptors (Lipinski definition) is 3. The largest absolute Gasteiger partial charge is 0.505 e. The van der Waals surface area contributed by atoms with E-state index in [0.29, 0.717) is 23.7 Å². The zero-order valence-electron chi connectivity index (χ0n) is 6.63. The highest BCUT2D eigenvalue weighted by atomic mass is 35.5. The topological polar surface area (TPSA) is 59.1 Å². The SMILES string of the molecule is NCCCc1nccc(Cl)c1O. The third-order valence-corrected chi connectivity index (χ3v) is 1.87. The van der Waals surface area contributed by atoms with Crippen molar-refractivity contribution in [1.29, 1.82) is 0 Å². The number of nitrogens with two attached hydrogens (primary N) is 1. The molecule has 0 unspecified atom stereocenters. The van der Waals surface area contributed by atoms with Gasteiger partial charge in [-0.15, -0.1) is 0 Å². The van der Waals surface area contributed by atoms with Crippen LogP contribution in [0.2, 0.25) is 5.02 Å². The van der Waals surface area contributed by atoms with Gasteiger partial charge in [0.25, 0.3) is 0 Å². The predicted octanol–water partition coefficient (Wildman–Crippen LogP) is 1.33. The Labute approximate surface area is 76.2 Å². The molecule has 3 N–H and O–H groups in total. The molecule has 0 saturated carbocycles. The Morgan fingerprint density at radius 3 is 3.00 bits per heavy atom. The summed E-state index contributed by atoms with van der Waals surface area (Å²) in [6, 6.07) is 1.56. The molecule has 12 heavy (non-hydrogen) atoms. The smallest absolute Gasteiger partial charge is 0.155 e. The maximum atomic E-state index is 9.39. The van der Waals surface area contributed by atoms with Crippen LogP contribution in [0.15, 0.2) is 12.3 Å². The van der Waals surface area contributed by atoms with Crippen molar-refractivity contribution in [2.24, 2.45) is 5.73 Å². The lowest BCUT2D eigenvalue weighted by Crippen LogP contribution is -2.01. The number of hydrogen-bond donors (Lipinski definition) is 2. The Balaban J connectivity index is 2.78. The third-order valence-electron chi connectivity index (χ3n) is 1.57. The van der Waals surface area contributed by atoms with Crippen LogP contribution in [-0.4, -0.2) is 16.6 Å². The first-order valence-corrected chi connectivity index (χ1v) is 4.16. The minimum atomic E-state index is 0.0765. The van der Waals surface area contributed by atoms with Gasteiger partial charge in [-0.1, -0.05) is 11.6 Å². The van der Waals surface area contributed by atoms with Gasteiger partial charge < -0.3 is 10.8 Å². The van der Waals surface area contributed by atoms with Crippen molar-refractivity contribution in [2.45, 2.75) is 12.8 Å². The van der Waals surface area contributed by atoms with Crippen LogP contribution in [0.4, 0.5) is 0 Å². The number of aryl methyl sites for hydroxylation is 1. The summed E-state index contributed by atoms with van der Waals surface area (Å²) in [6.45, 7) is 0.591. The number of rotatable bonds is 3. The van der Waals surface area contributed by atoms with E-state index in [-0.39, 0.29) is 5.75 Å². The van der Waals surface area contributed by atoms with Gasteiger partial charge in [-0.2, -0.15) is 0 Å². The molecule has 3 nitrogen and oxygen atoms in total. The van der Waals surface area contributed by atoms with Crippen LogP contribution >= 0.6 is 11.6 Å². The van der Waals surface area contributed by atoms with E-state index in [0.717, 1.165) is 6.42 Å². The summed E-state index contributed by atoms with van der Waals surface area (Å²) in [5.41, 5.74) is 5.94. The molecule has 4 heteroatoms. The lowest BCUT2D eigenvalue weighted by Gasteiger charge is -2.02. The van der Waals surface area contributed by atoms with E-state index in [2.05, 4.69) is 4.98 Å². The van der Waals surface area contributed by atoms with Crippen LogP contribution in [0.5, 0.6) is 5.75 Å². The first-order chi connectivity index (χ1) is 5.75. The molecule has 1 aromatic heterocycles. The molecule has 0 aliphatic carbocycles. The lowest BCUT2D eigenvalue weighted by atomic mass is 10.2. The summed E-state index contributed by atoms with van der Waals surface area (Å²) in [5.74, 6) is 0.0765. The van der Waals surface area contributed by atoms with Gasteiger partial charge in [0.1, 0.15) is 0 Å². The molecule has 0 aliphatic rings. The zero-order chi connectivity index (χ0) is 8.97. The molecule has 0 spiro atoms. The Morgan fingerprint density at radius 2 is 2.33 bits per heavy atom. The van der Waals surface area contributed by atoms with Crippen molar-refractivity contribution >= 4 is 11.6 Å². The number of aromatic nitrogens is 1. The van der Waals surface area contributed by atoms with Crippen molar-refractivity contribution in [2.75, 3.05) is 6.54 Å². The summed E-state index contributed by atoms with van der Waals surface area (Å²) >= 11 is 5.67. The van der Waals surface area contributed by atoms with Crippen molar-refractivity contribution in [3.8, 4) is 5.75 Å². The zero-order valence-corrected chi connectivity index (χ0v) is 7.38. The first-order valence-electron chi connectivity index (χ1n) is 3.78. The molecule has 1 rings (SSSR count). The van der Waals surface area contributed by atoms with E-state index in [1.807, 2.05) is 0 Å². The van der Waals surface area contributed by atoms with Gasteiger partial charge >= 0.3 is 0 Å². The minimum Gasteiger partial charge on any atom is -0.505 e. The minimum absolute atomic E-state index is 0.0765. The average Bonchev–Trinajstić information content (AvgIpc) is 2.08. The van der Waals surface area contributed by atoms with E-state index >= 15 is 0 Å². The maximum absolute atomic E-state index is 9.39. The second kappa shape index (κ2) is 4.28. The summed E-state index contributed by atoms with van der Waals surface area (Å²) in [4.78, 5) is 3.99. The Morgan fingerprint density at radius 1 is 1.58 bits per heavy atom. The van der Waals surface area contributed by atoms with Gasteiger partial charge in [-0.3, -0.25) is 4.98 Å². The molecular formula is C8H11ClN2O. The number of pyridine rings is 1. The van der Waals surface area contributed by atoms with E-state index in [1.54, 1.807) is 12.3 Å². The van der Waals surface area contributed by atoms with Gasteiger partial charge in [-0.05, 0) is 25.5 Å². The van der Waals surface area contributed by atoms with E-state index in [9.17, 15) is 5.11 Å². The van der Waals surface area contributed by atoms with Gasteiger partial charge in [-0.25, -0.2) is 0 Å². The Kier molecular flexibility index (Phi) is 3.31. The molecule has 0 aliphatic heterocycles. The standard InChI is InChI=1S/C8H11ClN2O/c9-6-3-5-11-7(8(6)12)2-1-4-10/h3,5,12H,1-2,4,10H2. The summed E-state index contributed by atoms with van der Waals surface area (Å²) in [7, 11) is 0. The van der Waals surface area contributed by atoms with Crippen molar-refractivity contribution in [3.05, 3.63) is 23.0 Å². The van der Waals surface area contributed by atoms with Crippen molar-refractivity contribution in [1.82, 2.24) is 4.98 Å². The molecule has 1 aromatic rings.